The van der Waals surface area contributed by atoms with E-state index in [4.69, 9.17) is 4.74 Å². The van der Waals surface area contributed by atoms with Crippen molar-refractivity contribution in [2.75, 3.05) is 7.11 Å². The van der Waals surface area contributed by atoms with E-state index in [0.717, 1.165) is 39.2 Å². The van der Waals surface area contributed by atoms with Gasteiger partial charge in [-0.2, -0.15) is 5.26 Å². The second-order valence-corrected chi connectivity index (χ2v) is 5.93. The van der Waals surface area contributed by atoms with Gasteiger partial charge in [0.25, 0.3) is 0 Å². The molecule has 4 aromatic rings. The minimum atomic E-state index is 0.596. The fraction of sp³-hybridized carbons (Fsp3) is 0.0952. The Labute approximate surface area is 151 Å². The van der Waals surface area contributed by atoms with Gasteiger partial charge in [0.05, 0.1) is 24.4 Å². The minimum Gasteiger partial charge on any atom is -0.497 e. The van der Waals surface area contributed by atoms with Crippen molar-refractivity contribution in [3.8, 4) is 34.2 Å². The summed E-state index contributed by atoms with van der Waals surface area (Å²) in [6, 6.07) is 15.8. The van der Waals surface area contributed by atoms with E-state index in [-0.39, 0.29) is 0 Å². The molecule has 4 rings (SSSR count). The van der Waals surface area contributed by atoms with E-state index in [1.54, 1.807) is 25.6 Å². The summed E-state index contributed by atoms with van der Waals surface area (Å²) in [5, 5.41) is 10.5. The average Bonchev–Trinajstić information content (AvgIpc) is 3.01. The van der Waals surface area contributed by atoms with E-state index in [1.165, 1.54) is 0 Å². The first-order chi connectivity index (χ1) is 12.7. The maximum atomic E-state index is 9.64. The van der Waals surface area contributed by atoms with Gasteiger partial charge in [0.15, 0.2) is 0 Å². The molecule has 3 heterocycles. The van der Waals surface area contributed by atoms with Gasteiger partial charge >= 0.3 is 0 Å². The summed E-state index contributed by atoms with van der Waals surface area (Å²) in [4.78, 5) is 8.79. The first kappa shape index (κ1) is 15.9. The summed E-state index contributed by atoms with van der Waals surface area (Å²) in [7, 11) is 3.61. The number of fused-ring (bicyclic) bond motifs is 1. The lowest BCUT2D eigenvalue weighted by Crippen LogP contribution is -1.94. The number of ether oxygens (including phenoxy) is 1. The van der Waals surface area contributed by atoms with Crippen LogP contribution in [-0.4, -0.2) is 21.6 Å². The van der Waals surface area contributed by atoms with Crippen molar-refractivity contribution in [1.29, 1.82) is 5.26 Å². The van der Waals surface area contributed by atoms with Crippen LogP contribution in [0.4, 0.5) is 0 Å². The molecule has 1 aromatic carbocycles. The molecule has 0 fully saturated rings. The Morgan fingerprint density at radius 3 is 2.65 bits per heavy atom. The smallest absolute Gasteiger partial charge is 0.142 e. The number of nitrogens with zero attached hydrogens (tertiary/aromatic N) is 4. The maximum Gasteiger partial charge on any atom is 0.142 e. The third kappa shape index (κ3) is 2.40. The molecular formula is C21H16N4O. The van der Waals surface area contributed by atoms with Crippen LogP contribution in [0, 0.1) is 11.3 Å². The van der Waals surface area contributed by atoms with Crippen LogP contribution in [0.2, 0.25) is 0 Å². The van der Waals surface area contributed by atoms with Gasteiger partial charge in [0.1, 0.15) is 11.4 Å². The third-order valence-corrected chi connectivity index (χ3v) is 4.48. The van der Waals surface area contributed by atoms with E-state index in [1.807, 2.05) is 54.2 Å². The summed E-state index contributed by atoms with van der Waals surface area (Å²) >= 11 is 0. The number of methoxy groups -OCH3 is 1. The molecule has 0 unspecified atom stereocenters. The molecule has 0 amide bonds. The molecule has 0 atom stereocenters. The summed E-state index contributed by atoms with van der Waals surface area (Å²) in [6.45, 7) is 0. The van der Waals surface area contributed by atoms with Crippen LogP contribution in [0.3, 0.4) is 0 Å². The van der Waals surface area contributed by atoms with E-state index < -0.39 is 0 Å². The number of aryl methyl sites for hydroxylation is 1. The van der Waals surface area contributed by atoms with Crippen LogP contribution in [0.25, 0.3) is 33.4 Å². The first-order valence-corrected chi connectivity index (χ1v) is 8.17. The predicted molar refractivity (Wildman–Crippen MR) is 101 cm³/mol. The van der Waals surface area contributed by atoms with Crippen molar-refractivity contribution >= 4 is 11.0 Å². The number of hydrogen-bond donors (Lipinski definition) is 0. The van der Waals surface area contributed by atoms with E-state index in [9.17, 15) is 5.26 Å². The van der Waals surface area contributed by atoms with Crippen molar-refractivity contribution in [2.45, 2.75) is 0 Å². The second kappa shape index (κ2) is 6.34. The Hall–Kier alpha value is -3.65. The second-order valence-electron chi connectivity index (χ2n) is 5.93. The molecule has 5 nitrogen and oxygen atoms in total. The third-order valence-electron chi connectivity index (χ3n) is 4.48. The van der Waals surface area contributed by atoms with Gasteiger partial charge in [-0.05, 0) is 24.3 Å². The molecule has 0 spiro atoms. The predicted octanol–water partition coefficient (Wildman–Crippen LogP) is 4.18. The molecule has 26 heavy (non-hydrogen) atoms. The topological polar surface area (TPSA) is 63.7 Å². The van der Waals surface area contributed by atoms with Gasteiger partial charge in [-0.1, -0.05) is 18.2 Å². The normalized spacial score (nSPS) is 10.7. The molecule has 0 aliphatic heterocycles. The Kier molecular flexibility index (Phi) is 3.86. The summed E-state index contributed by atoms with van der Waals surface area (Å²) in [5.74, 6) is 0.776. The molecule has 0 N–H and O–H groups in total. The van der Waals surface area contributed by atoms with Crippen LogP contribution >= 0.6 is 0 Å². The molecule has 0 bridgehead atoms. The Bertz CT molecular complexity index is 1140. The van der Waals surface area contributed by atoms with E-state index in [2.05, 4.69) is 16.0 Å². The highest BCUT2D eigenvalue weighted by Gasteiger charge is 2.22. The molecule has 5 heteroatoms. The lowest BCUT2D eigenvalue weighted by Gasteiger charge is -2.10. The number of nitriles is 1. The molecule has 0 saturated heterocycles. The highest BCUT2D eigenvalue weighted by atomic mass is 16.5. The van der Waals surface area contributed by atoms with Gasteiger partial charge in [0.2, 0.25) is 0 Å². The summed E-state index contributed by atoms with van der Waals surface area (Å²) < 4.78 is 7.41. The zero-order valence-corrected chi connectivity index (χ0v) is 14.5. The fourth-order valence-electron chi connectivity index (χ4n) is 3.34. The maximum absolute atomic E-state index is 9.64. The SMILES string of the molecule is COc1cccc(-c2c(-c3cccnc3)c3c(C#N)ccnc3n2C)c1. The van der Waals surface area contributed by atoms with Gasteiger partial charge < -0.3 is 9.30 Å². The average molecular weight is 340 g/mol. The summed E-state index contributed by atoms with van der Waals surface area (Å²) in [5.41, 5.74) is 5.22. The molecule has 0 saturated carbocycles. The van der Waals surface area contributed by atoms with Crippen LogP contribution < -0.4 is 4.74 Å². The van der Waals surface area contributed by atoms with Crippen molar-refractivity contribution in [2.24, 2.45) is 7.05 Å². The Morgan fingerprint density at radius 2 is 1.92 bits per heavy atom. The highest BCUT2D eigenvalue weighted by molar-refractivity contribution is 6.05. The molecule has 0 radical (unpaired) electrons. The van der Waals surface area contributed by atoms with Crippen LogP contribution in [0.15, 0.2) is 61.1 Å². The Morgan fingerprint density at radius 1 is 1.08 bits per heavy atom. The van der Waals surface area contributed by atoms with Crippen molar-refractivity contribution in [3.63, 3.8) is 0 Å². The summed E-state index contributed by atoms with van der Waals surface area (Å²) in [6.07, 6.45) is 5.22. The zero-order valence-electron chi connectivity index (χ0n) is 14.5. The molecule has 126 valence electrons. The quantitative estimate of drug-likeness (QED) is 0.561. The Balaban J connectivity index is 2.16. The highest BCUT2D eigenvalue weighted by Crippen LogP contribution is 2.41. The van der Waals surface area contributed by atoms with E-state index >= 15 is 0 Å². The molecule has 3 aromatic heterocycles. The first-order valence-electron chi connectivity index (χ1n) is 8.17. The van der Waals surface area contributed by atoms with Crippen molar-refractivity contribution in [1.82, 2.24) is 14.5 Å². The number of benzene rings is 1. The van der Waals surface area contributed by atoms with Crippen LogP contribution in [0.5, 0.6) is 5.75 Å². The number of rotatable bonds is 3. The van der Waals surface area contributed by atoms with Crippen molar-refractivity contribution in [3.05, 3.63) is 66.6 Å². The largest absolute Gasteiger partial charge is 0.497 e. The van der Waals surface area contributed by atoms with Crippen LogP contribution in [-0.2, 0) is 7.05 Å². The van der Waals surface area contributed by atoms with E-state index in [0.29, 0.717) is 5.56 Å². The van der Waals surface area contributed by atoms with Gasteiger partial charge in [-0.3, -0.25) is 4.98 Å². The van der Waals surface area contributed by atoms with Crippen LogP contribution in [0.1, 0.15) is 5.56 Å². The standard InChI is InChI=1S/C21H16N4O/c1-25-20(14-5-3-7-17(11-14)26-2)18(16-6-4-9-23-13-16)19-15(12-22)8-10-24-21(19)25/h3-11,13H,1-2H3. The number of aromatic nitrogens is 3. The molecule has 0 aliphatic carbocycles. The molecular weight excluding hydrogens is 324 g/mol. The number of hydrogen-bond acceptors (Lipinski definition) is 4. The van der Waals surface area contributed by atoms with Gasteiger partial charge in [-0.15, -0.1) is 0 Å². The monoisotopic (exact) mass is 340 g/mol. The minimum absolute atomic E-state index is 0.596. The lowest BCUT2D eigenvalue weighted by molar-refractivity contribution is 0.415. The van der Waals surface area contributed by atoms with Gasteiger partial charge in [-0.25, -0.2) is 4.98 Å². The van der Waals surface area contributed by atoms with Crippen molar-refractivity contribution < 1.29 is 4.74 Å². The fourth-order valence-corrected chi connectivity index (χ4v) is 3.34. The zero-order chi connectivity index (χ0) is 18.1. The molecule has 0 aliphatic rings. The number of pyridine rings is 2. The van der Waals surface area contributed by atoms with Gasteiger partial charge in [0, 0.05) is 47.7 Å². The lowest BCUT2D eigenvalue weighted by atomic mass is 9.98.